The third-order valence-electron chi connectivity index (χ3n) is 3.50. The monoisotopic (exact) mass is 306 g/mol. The van der Waals surface area contributed by atoms with E-state index in [1.165, 1.54) is 6.20 Å². The summed E-state index contributed by atoms with van der Waals surface area (Å²) in [6.45, 7) is 7.45. The Morgan fingerprint density at radius 1 is 1.38 bits per heavy atom. The highest BCUT2D eigenvalue weighted by Gasteiger charge is 2.28. The molecular weight excluding hydrogens is 285 g/mol. The first kappa shape index (κ1) is 17.3. The van der Waals surface area contributed by atoms with Gasteiger partial charge in [0, 0.05) is 12.7 Å². The van der Waals surface area contributed by atoms with Gasteiger partial charge in [-0.3, -0.25) is 4.68 Å². The molecule has 0 atom stereocenters. The first-order valence-corrected chi connectivity index (χ1v) is 6.64. The highest BCUT2D eigenvalue weighted by Crippen LogP contribution is 2.24. The summed E-state index contributed by atoms with van der Waals surface area (Å²) in [5, 5.41) is 8.71. The van der Waals surface area contributed by atoms with Crippen molar-refractivity contribution in [2.24, 2.45) is 11.3 Å². The third kappa shape index (κ3) is 6.05. The van der Waals surface area contributed by atoms with E-state index < -0.39 is 18.8 Å². The van der Waals surface area contributed by atoms with Crippen molar-refractivity contribution in [2.45, 2.75) is 40.4 Å². The molecule has 0 saturated carbocycles. The van der Waals surface area contributed by atoms with Crippen LogP contribution in [0, 0.1) is 11.3 Å². The van der Waals surface area contributed by atoms with Crippen molar-refractivity contribution < 1.29 is 18.0 Å². The molecule has 0 aromatic carbocycles. The fraction of sp³-hybridized carbons (Fsp3) is 0.692. The maximum Gasteiger partial charge on any atom is 0.408 e. The average molecular weight is 306 g/mol. The Labute approximate surface area is 121 Å². The first-order chi connectivity index (χ1) is 9.49. The van der Waals surface area contributed by atoms with Crippen LogP contribution in [0.15, 0.2) is 12.4 Å². The quantitative estimate of drug-likeness (QED) is 0.877. The Bertz CT molecular complexity index is 480. The molecule has 1 rings (SSSR count). The lowest BCUT2D eigenvalue weighted by Gasteiger charge is -2.29. The average Bonchev–Trinajstić information content (AvgIpc) is 2.71. The molecule has 0 aliphatic rings. The minimum atomic E-state index is -4.34. The Morgan fingerprint density at radius 3 is 2.52 bits per heavy atom. The fourth-order valence-electron chi connectivity index (χ4n) is 1.39. The van der Waals surface area contributed by atoms with Crippen LogP contribution in [-0.4, -0.2) is 28.5 Å². The van der Waals surface area contributed by atoms with Crippen molar-refractivity contribution >= 4 is 11.7 Å². The van der Waals surface area contributed by atoms with Gasteiger partial charge in [-0.1, -0.05) is 27.7 Å². The van der Waals surface area contributed by atoms with Gasteiger partial charge in [-0.25, -0.2) is 4.79 Å². The molecule has 1 heterocycles. The van der Waals surface area contributed by atoms with Crippen LogP contribution < -0.4 is 10.6 Å². The van der Waals surface area contributed by atoms with E-state index in [0.29, 0.717) is 12.5 Å². The number of carbonyl (C=O) groups excluding carboxylic acids is 1. The van der Waals surface area contributed by atoms with Gasteiger partial charge in [0.25, 0.3) is 0 Å². The number of halogens is 3. The molecule has 1 aromatic heterocycles. The normalized spacial score (nSPS) is 12.6. The van der Waals surface area contributed by atoms with Gasteiger partial charge >= 0.3 is 12.2 Å². The third-order valence-corrected chi connectivity index (χ3v) is 3.50. The summed E-state index contributed by atoms with van der Waals surface area (Å²) in [5.41, 5.74) is 0.150. The van der Waals surface area contributed by atoms with Gasteiger partial charge in [0.15, 0.2) is 0 Å². The molecule has 0 aliphatic carbocycles. The number of alkyl halides is 3. The molecule has 5 nitrogen and oxygen atoms in total. The summed E-state index contributed by atoms with van der Waals surface area (Å²) < 4.78 is 37.3. The maximum absolute atomic E-state index is 12.2. The number of hydrogen-bond donors (Lipinski definition) is 2. The summed E-state index contributed by atoms with van der Waals surface area (Å²) in [7, 11) is 0. The van der Waals surface area contributed by atoms with Crippen molar-refractivity contribution in [3.05, 3.63) is 12.4 Å². The molecule has 120 valence electrons. The molecule has 0 aliphatic heterocycles. The van der Waals surface area contributed by atoms with E-state index in [1.54, 1.807) is 0 Å². The Morgan fingerprint density at radius 2 is 2.00 bits per heavy atom. The highest BCUT2D eigenvalue weighted by atomic mass is 19.4. The molecule has 0 saturated heterocycles. The summed E-state index contributed by atoms with van der Waals surface area (Å²) in [6, 6.07) is -0.463. The van der Waals surface area contributed by atoms with E-state index in [0.717, 1.165) is 10.9 Å². The molecule has 0 unspecified atom stereocenters. The van der Waals surface area contributed by atoms with Crippen LogP contribution in [0.3, 0.4) is 0 Å². The number of carbonyl (C=O) groups is 1. The molecule has 0 spiro atoms. The zero-order chi connectivity index (χ0) is 16.3. The molecule has 2 amide bonds. The van der Waals surface area contributed by atoms with Crippen LogP contribution in [0.2, 0.25) is 0 Å². The van der Waals surface area contributed by atoms with E-state index in [1.807, 2.05) is 13.8 Å². The van der Waals surface area contributed by atoms with Crippen LogP contribution >= 0.6 is 0 Å². The minimum Gasteiger partial charge on any atom is -0.337 e. The van der Waals surface area contributed by atoms with Crippen molar-refractivity contribution in [2.75, 3.05) is 11.9 Å². The Kier molecular flexibility index (Phi) is 5.25. The largest absolute Gasteiger partial charge is 0.408 e. The van der Waals surface area contributed by atoms with E-state index in [4.69, 9.17) is 0 Å². The minimum absolute atomic E-state index is 0.0716. The second-order valence-electron chi connectivity index (χ2n) is 5.99. The zero-order valence-corrected chi connectivity index (χ0v) is 12.6. The topological polar surface area (TPSA) is 59.0 Å². The predicted octanol–water partition coefficient (Wildman–Crippen LogP) is 3.25. The molecule has 2 N–H and O–H groups in total. The summed E-state index contributed by atoms with van der Waals surface area (Å²) in [6.07, 6.45) is -2.02. The lowest BCUT2D eigenvalue weighted by atomic mass is 9.81. The van der Waals surface area contributed by atoms with E-state index in [-0.39, 0.29) is 11.1 Å². The summed E-state index contributed by atoms with van der Waals surface area (Å²) in [4.78, 5) is 11.7. The lowest BCUT2D eigenvalue weighted by molar-refractivity contribution is -0.142. The second-order valence-corrected chi connectivity index (χ2v) is 5.99. The van der Waals surface area contributed by atoms with Gasteiger partial charge in [-0.05, 0) is 11.3 Å². The van der Waals surface area contributed by atoms with Crippen LogP contribution in [0.5, 0.6) is 0 Å². The fourth-order valence-corrected chi connectivity index (χ4v) is 1.39. The Balaban J connectivity index is 2.49. The van der Waals surface area contributed by atoms with Crippen molar-refractivity contribution in [3.8, 4) is 0 Å². The predicted molar refractivity (Wildman–Crippen MR) is 73.9 cm³/mol. The number of hydrogen-bond acceptors (Lipinski definition) is 2. The number of nitrogens with one attached hydrogen (secondary N) is 2. The van der Waals surface area contributed by atoms with Crippen molar-refractivity contribution in [1.29, 1.82) is 0 Å². The van der Waals surface area contributed by atoms with Crippen molar-refractivity contribution in [3.63, 3.8) is 0 Å². The summed E-state index contributed by atoms with van der Waals surface area (Å²) >= 11 is 0. The molecule has 0 fully saturated rings. The van der Waals surface area contributed by atoms with E-state index in [9.17, 15) is 18.0 Å². The number of aromatic nitrogens is 2. The molecule has 8 heteroatoms. The van der Waals surface area contributed by atoms with E-state index >= 15 is 0 Å². The number of rotatable bonds is 5. The molecular formula is C13H21F3N4O. The van der Waals surface area contributed by atoms with Crippen LogP contribution in [0.1, 0.15) is 27.7 Å². The van der Waals surface area contributed by atoms with Gasteiger partial charge in [0.1, 0.15) is 6.54 Å². The van der Waals surface area contributed by atoms with Crippen molar-refractivity contribution in [1.82, 2.24) is 15.1 Å². The van der Waals surface area contributed by atoms with Gasteiger partial charge < -0.3 is 10.6 Å². The molecule has 21 heavy (non-hydrogen) atoms. The van der Waals surface area contributed by atoms with Gasteiger partial charge in [0.2, 0.25) is 0 Å². The zero-order valence-electron chi connectivity index (χ0n) is 12.6. The standard InChI is InChI=1S/C13H21F3N4O/c1-9(2)12(3,4)7-17-11(21)19-10-5-18-20(6-10)8-13(14,15)16/h5-6,9H,7-8H2,1-4H3,(H2,17,19,21). The smallest absolute Gasteiger partial charge is 0.337 e. The van der Waals surface area contributed by atoms with Gasteiger partial charge in [-0.2, -0.15) is 18.3 Å². The second kappa shape index (κ2) is 6.36. The highest BCUT2D eigenvalue weighted by molar-refractivity contribution is 5.88. The number of anilines is 1. The van der Waals surface area contributed by atoms with Gasteiger partial charge in [-0.15, -0.1) is 0 Å². The lowest BCUT2D eigenvalue weighted by Crippen LogP contribution is -2.39. The van der Waals surface area contributed by atoms with Gasteiger partial charge in [0.05, 0.1) is 11.9 Å². The Hall–Kier alpha value is -1.73. The maximum atomic E-state index is 12.2. The number of urea groups is 1. The van der Waals surface area contributed by atoms with Crippen LogP contribution in [-0.2, 0) is 6.54 Å². The molecule has 1 aromatic rings. The van der Waals surface area contributed by atoms with Crippen LogP contribution in [0.4, 0.5) is 23.7 Å². The molecule has 0 bridgehead atoms. The van der Waals surface area contributed by atoms with E-state index in [2.05, 4.69) is 29.6 Å². The molecule has 0 radical (unpaired) electrons. The number of nitrogens with zero attached hydrogens (tertiary/aromatic N) is 2. The van der Waals surface area contributed by atoms with Crippen LogP contribution in [0.25, 0.3) is 0 Å². The summed E-state index contributed by atoms with van der Waals surface area (Å²) in [5.74, 6) is 0.382. The number of amides is 2. The first-order valence-electron chi connectivity index (χ1n) is 6.64. The SMILES string of the molecule is CC(C)C(C)(C)CNC(=O)Nc1cnn(CC(F)(F)F)c1.